The fourth-order valence-electron chi connectivity index (χ4n) is 2.62. The van der Waals surface area contributed by atoms with Gasteiger partial charge in [0.25, 0.3) is 0 Å². The van der Waals surface area contributed by atoms with Crippen molar-refractivity contribution in [1.82, 2.24) is 0 Å². The molecule has 98 valence electrons. The van der Waals surface area contributed by atoms with Gasteiger partial charge < -0.3 is 5.73 Å². The molecule has 1 saturated carbocycles. The monoisotopic (exact) mass is 265 g/mol. The molecule has 2 N–H and O–H groups in total. The summed E-state index contributed by atoms with van der Waals surface area (Å²) in [6.07, 6.45) is 5.29. The summed E-state index contributed by atoms with van der Waals surface area (Å²) in [5.74, 6) is 0.123. The number of carbonyl (C=O) groups is 1. The molecule has 0 spiro atoms. The van der Waals surface area contributed by atoms with Crippen molar-refractivity contribution in [2.75, 3.05) is 0 Å². The van der Waals surface area contributed by atoms with Crippen molar-refractivity contribution in [3.8, 4) is 0 Å². The van der Waals surface area contributed by atoms with Crippen LogP contribution in [0.15, 0.2) is 18.2 Å². The summed E-state index contributed by atoms with van der Waals surface area (Å²) in [6, 6.07) is 5.54. The topological polar surface area (TPSA) is 43.1 Å². The van der Waals surface area contributed by atoms with Gasteiger partial charge in [0.2, 0.25) is 0 Å². The molecule has 1 aliphatic carbocycles. The largest absolute Gasteiger partial charge is 0.327 e. The van der Waals surface area contributed by atoms with E-state index in [2.05, 4.69) is 0 Å². The van der Waals surface area contributed by atoms with Gasteiger partial charge in [0.15, 0.2) is 5.78 Å². The SMILES string of the molecule is Cc1ccc(C(=O)C2CCCCCC2N)cc1Cl. The fraction of sp³-hybridized carbons (Fsp3) is 0.533. The first kappa shape index (κ1) is 13.6. The van der Waals surface area contributed by atoms with Gasteiger partial charge in [-0.1, -0.05) is 43.0 Å². The molecular formula is C15H20ClNO. The summed E-state index contributed by atoms with van der Waals surface area (Å²) < 4.78 is 0. The summed E-state index contributed by atoms with van der Waals surface area (Å²) >= 11 is 6.08. The standard InChI is InChI=1S/C15H20ClNO/c1-10-7-8-11(9-13(10)16)15(18)12-5-3-2-4-6-14(12)17/h7-9,12,14H,2-6,17H2,1H3. The normalized spacial score (nSPS) is 24.6. The van der Waals surface area contributed by atoms with Gasteiger partial charge in [0.1, 0.15) is 0 Å². The minimum atomic E-state index is -0.0359. The van der Waals surface area contributed by atoms with Crippen molar-refractivity contribution in [3.63, 3.8) is 0 Å². The zero-order chi connectivity index (χ0) is 13.1. The highest BCUT2D eigenvalue weighted by atomic mass is 35.5. The second-order valence-electron chi connectivity index (χ2n) is 5.24. The molecule has 2 unspecified atom stereocenters. The van der Waals surface area contributed by atoms with Crippen molar-refractivity contribution < 1.29 is 4.79 Å². The maximum absolute atomic E-state index is 12.5. The van der Waals surface area contributed by atoms with Gasteiger partial charge in [0, 0.05) is 22.5 Å². The van der Waals surface area contributed by atoms with E-state index in [0.29, 0.717) is 10.6 Å². The van der Waals surface area contributed by atoms with Crippen LogP contribution in [0.1, 0.15) is 48.0 Å². The molecule has 0 bridgehead atoms. The van der Waals surface area contributed by atoms with E-state index in [4.69, 9.17) is 17.3 Å². The number of benzene rings is 1. The van der Waals surface area contributed by atoms with Crippen molar-refractivity contribution in [3.05, 3.63) is 34.3 Å². The first-order valence-corrected chi connectivity index (χ1v) is 7.03. The highest BCUT2D eigenvalue weighted by Crippen LogP contribution is 2.27. The Labute approximate surface area is 114 Å². The summed E-state index contributed by atoms with van der Waals surface area (Å²) in [6.45, 7) is 1.94. The van der Waals surface area contributed by atoms with Crippen LogP contribution in [0.2, 0.25) is 5.02 Å². The maximum atomic E-state index is 12.5. The minimum absolute atomic E-state index is 0.0000728. The lowest BCUT2D eigenvalue weighted by Gasteiger charge is -2.20. The van der Waals surface area contributed by atoms with Gasteiger partial charge >= 0.3 is 0 Å². The van der Waals surface area contributed by atoms with E-state index in [1.165, 1.54) is 6.42 Å². The Bertz CT molecular complexity index is 444. The third-order valence-electron chi connectivity index (χ3n) is 3.86. The van der Waals surface area contributed by atoms with E-state index < -0.39 is 0 Å². The molecule has 1 aliphatic rings. The molecule has 0 aliphatic heterocycles. The van der Waals surface area contributed by atoms with Gasteiger partial charge in [-0.15, -0.1) is 0 Å². The van der Waals surface area contributed by atoms with Gasteiger partial charge in [-0.3, -0.25) is 4.79 Å². The third-order valence-corrected chi connectivity index (χ3v) is 4.27. The Morgan fingerprint density at radius 2 is 2.00 bits per heavy atom. The van der Waals surface area contributed by atoms with Crippen molar-refractivity contribution in [2.45, 2.75) is 45.1 Å². The van der Waals surface area contributed by atoms with E-state index in [0.717, 1.165) is 31.2 Å². The second kappa shape index (κ2) is 5.85. The molecule has 0 amide bonds. The number of hydrogen-bond acceptors (Lipinski definition) is 2. The predicted octanol–water partition coefficient (Wildman–Crippen LogP) is 3.74. The fourth-order valence-corrected chi connectivity index (χ4v) is 2.80. The highest BCUT2D eigenvalue weighted by Gasteiger charge is 2.27. The number of aryl methyl sites for hydroxylation is 1. The summed E-state index contributed by atoms with van der Waals surface area (Å²) in [4.78, 5) is 12.5. The molecule has 0 radical (unpaired) electrons. The van der Waals surface area contributed by atoms with Crippen LogP contribution in [-0.4, -0.2) is 11.8 Å². The Hall–Kier alpha value is -0.860. The Morgan fingerprint density at radius 3 is 2.72 bits per heavy atom. The molecule has 0 aromatic heterocycles. The van der Waals surface area contributed by atoms with Crippen LogP contribution in [0, 0.1) is 12.8 Å². The quantitative estimate of drug-likeness (QED) is 0.654. The number of Topliss-reactive ketones (excluding diaryl/α,β-unsaturated/α-hetero) is 1. The van der Waals surface area contributed by atoms with E-state index in [1.54, 1.807) is 6.07 Å². The van der Waals surface area contributed by atoms with Crippen LogP contribution in [-0.2, 0) is 0 Å². The van der Waals surface area contributed by atoms with Crippen LogP contribution >= 0.6 is 11.6 Å². The summed E-state index contributed by atoms with van der Waals surface area (Å²) in [7, 11) is 0. The molecule has 0 heterocycles. The summed E-state index contributed by atoms with van der Waals surface area (Å²) in [5.41, 5.74) is 7.83. The maximum Gasteiger partial charge on any atom is 0.167 e. The van der Waals surface area contributed by atoms with Crippen molar-refractivity contribution in [1.29, 1.82) is 0 Å². The van der Waals surface area contributed by atoms with E-state index >= 15 is 0 Å². The van der Waals surface area contributed by atoms with Crippen LogP contribution in [0.4, 0.5) is 0 Å². The molecule has 2 rings (SSSR count). The van der Waals surface area contributed by atoms with Crippen molar-refractivity contribution in [2.24, 2.45) is 11.7 Å². The molecule has 2 atom stereocenters. The molecule has 1 aromatic carbocycles. The minimum Gasteiger partial charge on any atom is -0.327 e. The van der Waals surface area contributed by atoms with Crippen LogP contribution in [0.25, 0.3) is 0 Å². The van der Waals surface area contributed by atoms with Crippen LogP contribution < -0.4 is 5.73 Å². The molecular weight excluding hydrogens is 246 g/mol. The lowest BCUT2D eigenvalue weighted by Crippen LogP contribution is -2.34. The molecule has 1 fully saturated rings. The zero-order valence-corrected chi connectivity index (χ0v) is 11.5. The van der Waals surface area contributed by atoms with E-state index in [9.17, 15) is 4.79 Å². The third kappa shape index (κ3) is 2.93. The second-order valence-corrected chi connectivity index (χ2v) is 5.64. The lowest BCUT2D eigenvalue weighted by atomic mass is 9.87. The van der Waals surface area contributed by atoms with E-state index in [1.807, 2.05) is 19.1 Å². The highest BCUT2D eigenvalue weighted by molar-refractivity contribution is 6.31. The number of ketones is 1. The first-order valence-electron chi connectivity index (χ1n) is 6.65. The zero-order valence-electron chi connectivity index (χ0n) is 10.8. The Morgan fingerprint density at radius 1 is 1.28 bits per heavy atom. The van der Waals surface area contributed by atoms with Gasteiger partial charge in [0.05, 0.1) is 0 Å². The van der Waals surface area contributed by atoms with Gasteiger partial charge in [-0.05, 0) is 31.4 Å². The van der Waals surface area contributed by atoms with Crippen LogP contribution in [0.3, 0.4) is 0 Å². The number of hydrogen-bond donors (Lipinski definition) is 1. The number of carbonyl (C=O) groups excluding carboxylic acids is 1. The summed E-state index contributed by atoms with van der Waals surface area (Å²) in [5, 5.41) is 0.656. The van der Waals surface area contributed by atoms with Gasteiger partial charge in [-0.2, -0.15) is 0 Å². The van der Waals surface area contributed by atoms with Crippen LogP contribution in [0.5, 0.6) is 0 Å². The van der Waals surface area contributed by atoms with Crippen molar-refractivity contribution >= 4 is 17.4 Å². The predicted molar refractivity (Wildman–Crippen MR) is 75.1 cm³/mol. The Kier molecular flexibility index (Phi) is 4.41. The average Bonchev–Trinajstić information content (AvgIpc) is 2.56. The number of nitrogens with two attached hydrogens (primary N) is 1. The molecule has 0 saturated heterocycles. The Balaban J connectivity index is 2.21. The first-order chi connectivity index (χ1) is 8.59. The molecule has 2 nitrogen and oxygen atoms in total. The average molecular weight is 266 g/mol. The number of halogens is 1. The van der Waals surface area contributed by atoms with E-state index in [-0.39, 0.29) is 17.7 Å². The number of rotatable bonds is 2. The van der Waals surface area contributed by atoms with Gasteiger partial charge in [-0.25, -0.2) is 0 Å². The lowest BCUT2D eigenvalue weighted by molar-refractivity contribution is 0.0895. The smallest absolute Gasteiger partial charge is 0.167 e. The molecule has 1 aromatic rings. The molecule has 18 heavy (non-hydrogen) atoms. The molecule has 3 heteroatoms.